The predicted molar refractivity (Wildman–Crippen MR) is 68.1 cm³/mol. The molecule has 3 rings (SSSR count). The van der Waals surface area contributed by atoms with Crippen LogP contribution in [0.5, 0.6) is 0 Å². The van der Waals surface area contributed by atoms with E-state index < -0.39 is 0 Å². The third-order valence-electron chi connectivity index (χ3n) is 3.42. The number of anilines is 1. The molecule has 17 heavy (non-hydrogen) atoms. The lowest BCUT2D eigenvalue weighted by Crippen LogP contribution is -2.27. The fourth-order valence-corrected chi connectivity index (χ4v) is 2.36. The Kier molecular flexibility index (Phi) is 2.97. The molecule has 2 heterocycles. The van der Waals surface area contributed by atoms with Crippen molar-refractivity contribution in [2.24, 2.45) is 0 Å². The van der Waals surface area contributed by atoms with Gasteiger partial charge in [0, 0.05) is 18.3 Å². The van der Waals surface area contributed by atoms with E-state index >= 15 is 0 Å². The van der Waals surface area contributed by atoms with Gasteiger partial charge in [-0.2, -0.15) is 0 Å². The molecule has 0 unspecified atom stereocenters. The molecule has 1 aliphatic carbocycles. The molecule has 0 spiro atoms. The average Bonchev–Trinajstić information content (AvgIpc) is 3.13. The van der Waals surface area contributed by atoms with Crippen LogP contribution < -0.4 is 10.6 Å². The van der Waals surface area contributed by atoms with Gasteiger partial charge in [0.2, 0.25) is 5.95 Å². The van der Waals surface area contributed by atoms with Gasteiger partial charge in [0.25, 0.3) is 0 Å². The van der Waals surface area contributed by atoms with Crippen LogP contribution in [0, 0.1) is 0 Å². The van der Waals surface area contributed by atoms with Gasteiger partial charge >= 0.3 is 0 Å². The molecule has 4 heteroatoms. The Bertz CT molecular complexity index is 412. The number of rotatable bonds is 4. The van der Waals surface area contributed by atoms with Gasteiger partial charge < -0.3 is 10.6 Å². The van der Waals surface area contributed by atoms with Gasteiger partial charge in [-0.3, -0.25) is 0 Å². The van der Waals surface area contributed by atoms with Crippen molar-refractivity contribution in [1.82, 2.24) is 15.3 Å². The van der Waals surface area contributed by atoms with Crippen LogP contribution in [0.2, 0.25) is 0 Å². The number of hydrogen-bond donors (Lipinski definition) is 2. The quantitative estimate of drug-likeness (QED) is 0.828. The van der Waals surface area contributed by atoms with Crippen LogP contribution in [-0.2, 0) is 19.4 Å². The smallest absolute Gasteiger partial charge is 0.223 e. The predicted octanol–water partition coefficient (Wildman–Crippen LogP) is 1.65. The molecule has 4 nitrogen and oxygen atoms in total. The number of nitrogens with one attached hydrogen (secondary N) is 2. The Balaban J connectivity index is 1.91. The SMILES string of the molecule is CCCc1nc(NC2CC2)nc2c1CCNC2. The minimum absolute atomic E-state index is 0.624. The van der Waals surface area contributed by atoms with E-state index in [9.17, 15) is 0 Å². The number of fused-ring (bicyclic) bond motifs is 1. The molecule has 0 bridgehead atoms. The van der Waals surface area contributed by atoms with Gasteiger partial charge in [-0.05, 0) is 37.8 Å². The van der Waals surface area contributed by atoms with Crippen LogP contribution in [-0.4, -0.2) is 22.6 Å². The fourth-order valence-electron chi connectivity index (χ4n) is 2.36. The molecule has 92 valence electrons. The lowest BCUT2D eigenvalue weighted by molar-refractivity contribution is 0.614. The average molecular weight is 232 g/mol. The monoisotopic (exact) mass is 232 g/mol. The van der Waals surface area contributed by atoms with Crippen LogP contribution in [0.4, 0.5) is 5.95 Å². The number of hydrogen-bond acceptors (Lipinski definition) is 4. The summed E-state index contributed by atoms with van der Waals surface area (Å²) in [6, 6.07) is 0.624. The van der Waals surface area contributed by atoms with E-state index in [0.717, 1.165) is 38.3 Å². The molecule has 0 amide bonds. The van der Waals surface area contributed by atoms with E-state index in [2.05, 4.69) is 22.5 Å². The molecule has 0 atom stereocenters. The summed E-state index contributed by atoms with van der Waals surface area (Å²) in [4.78, 5) is 9.36. The first kappa shape index (κ1) is 11.0. The summed E-state index contributed by atoms with van der Waals surface area (Å²) in [6.45, 7) is 4.17. The molecule has 1 fully saturated rings. The molecule has 1 saturated carbocycles. The van der Waals surface area contributed by atoms with E-state index in [0.29, 0.717) is 6.04 Å². The van der Waals surface area contributed by atoms with Gasteiger partial charge in [-0.25, -0.2) is 9.97 Å². The van der Waals surface area contributed by atoms with Gasteiger partial charge in [0.15, 0.2) is 0 Å². The maximum Gasteiger partial charge on any atom is 0.223 e. The third kappa shape index (κ3) is 2.41. The first-order valence-corrected chi connectivity index (χ1v) is 6.72. The summed E-state index contributed by atoms with van der Waals surface area (Å²) in [5, 5.41) is 6.80. The summed E-state index contributed by atoms with van der Waals surface area (Å²) < 4.78 is 0. The Morgan fingerprint density at radius 2 is 2.24 bits per heavy atom. The van der Waals surface area contributed by atoms with Crippen LogP contribution in [0.15, 0.2) is 0 Å². The highest BCUT2D eigenvalue weighted by Crippen LogP contribution is 2.25. The second-order valence-electron chi connectivity index (χ2n) is 5.01. The van der Waals surface area contributed by atoms with Gasteiger partial charge in [0.1, 0.15) is 0 Å². The Morgan fingerprint density at radius 3 is 3.00 bits per heavy atom. The first-order chi connectivity index (χ1) is 8.36. The summed E-state index contributed by atoms with van der Waals surface area (Å²) in [5.41, 5.74) is 3.87. The maximum atomic E-state index is 4.71. The topological polar surface area (TPSA) is 49.8 Å². The van der Waals surface area contributed by atoms with Crippen molar-refractivity contribution in [1.29, 1.82) is 0 Å². The number of aryl methyl sites for hydroxylation is 1. The van der Waals surface area contributed by atoms with Crippen LogP contribution in [0.3, 0.4) is 0 Å². The van der Waals surface area contributed by atoms with Crippen LogP contribution in [0.25, 0.3) is 0 Å². The molecule has 1 aromatic heterocycles. The molecular weight excluding hydrogens is 212 g/mol. The van der Waals surface area contributed by atoms with Crippen molar-refractivity contribution >= 4 is 5.95 Å². The Labute approximate surface area is 102 Å². The second kappa shape index (κ2) is 4.61. The van der Waals surface area contributed by atoms with Crippen molar-refractivity contribution in [3.63, 3.8) is 0 Å². The third-order valence-corrected chi connectivity index (χ3v) is 3.42. The zero-order valence-electron chi connectivity index (χ0n) is 10.4. The van der Waals surface area contributed by atoms with Gasteiger partial charge in [-0.1, -0.05) is 13.3 Å². The largest absolute Gasteiger partial charge is 0.351 e. The highest BCUT2D eigenvalue weighted by Gasteiger charge is 2.23. The molecule has 1 aromatic rings. The standard InChI is InChI=1S/C13H20N4/c1-2-3-11-10-6-7-14-8-12(10)17-13(16-11)15-9-4-5-9/h9,14H,2-8H2,1H3,(H,15,16,17). The van der Waals surface area contributed by atoms with Crippen molar-refractivity contribution in [2.45, 2.75) is 51.6 Å². The molecule has 2 aliphatic rings. The maximum absolute atomic E-state index is 4.71. The highest BCUT2D eigenvalue weighted by molar-refractivity contribution is 5.37. The zero-order valence-corrected chi connectivity index (χ0v) is 10.4. The number of aromatic nitrogens is 2. The molecule has 2 N–H and O–H groups in total. The summed E-state index contributed by atoms with van der Waals surface area (Å²) >= 11 is 0. The summed E-state index contributed by atoms with van der Waals surface area (Å²) in [6.07, 6.45) is 5.84. The van der Waals surface area contributed by atoms with E-state index in [-0.39, 0.29) is 0 Å². The lowest BCUT2D eigenvalue weighted by Gasteiger charge is -2.20. The van der Waals surface area contributed by atoms with Crippen molar-refractivity contribution < 1.29 is 0 Å². The normalized spacial score (nSPS) is 18.9. The molecule has 0 aromatic carbocycles. The van der Waals surface area contributed by atoms with E-state index in [1.807, 2.05) is 0 Å². The zero-order chi connectivity index (χ0) is 11.7. The molecule has 0 radical (unpaired) electrons. The fraction of sp³-hybridized carbons (Fsp3) is 0.692. The minimum atomic E-state index is 0.624. The van der Waals surface area contributed by atoms with Crippen LogP contribution in [0.1, 0.15) is 43.1 Å². The van der Waals surface area contributed by atoms with Crippen molar-refractivity contribution in [2.75, 3.05) is 11.9 Å². The minimum Gasteiger partial charge on any atom is -0.351 e. The van der Waals surface area contributed by atoms with E-state index in [1.54, 1.807) is 0 Å². The van der Waals surface area contributed by atoms with Gasteiger partial charge in [-0.15, -0.1) is 0 Å². The first-order valence-electron chi connectivity index (χ1n) is 6.72. The van der Waals surface area contributed by atoms with Gasteiger partial charge in [0.05, 0.1) is 5.69 Å². The summed E-state index contributed by atoms with van der Waals surface area (Å²) in [7, 11) is 0. The molecule has 1 aliphatic heterocycles. The van der Waals surface area contributed by atoms with Crippen LogP contribution >= 0.6 is 0 Å². The van der Waals surface area contributed by atoms with E-state index in [4.69, 9.17) is 4.98 Å². The summed E-state index contributed by atoms with van der Waals surface area (Å²) in [5.74, 6) is 0.846. The highest BCUT2D eigenvalue weighted by atomic mass is 15.1. The molecule has 0 saturated heterocycles. The van der Waals surface area contributed by atoms with Crippen molar-refractivity contribution in [3.8, 4) is 0 Å². The Hall–Kier alpha value is -1.16. The van der Waals surface area contributed by atoms with E-state index in [1.165, 1.54) is 29.8 Å². The number of nitrogens with zero attached hydrogens (tertiary/aromatic N) is 2. The van der Waals surface area contributed by atoms with Crippen molar-refractivity contribution in [3.05, 3.63) is 17.0 Å². The second-order valence-corrected chi connectivity index (χ2v) is 5.01. The lowest BCUT2D eigenvalue weighted by atomic mass is 10.0. The molecular formula is C13H20N4. The Morgan fingerprint density at radius 1 is 1.35 bits per heavy atom.